The topological polar surface area (TPSA) is 87.3 Å². The first kappa shape index (κ1) is 15.3. The number of carbonyl (C=O) groups excluding carboxylic acids is 1. The van der Waals surface area contributed by atoms with Crippen LogP contribution < -0.4 is 15.4 Å². The van der Waals surface area contributed by atoms with Crippen molar-refractivity contribution in [1.82, 2.24) is 15.4 Å². The van der Waals surface area contributed by atoms with E-state index in [1.807, 2.05) is 0 Å². The molecule has 1 unspecified atom stereocenters. The second kappa shape index (κ2) is 5.89. The Kier molecular flexibility index (Phi) is 5.00. The number of nitrogens with one attached hydrogen (secondary N) is 3. The van der Waals surface area contributed by atoms with E-state index < -0.39 is 40.9 Å². The summed E-state index contributed by atoms with van der Waals surface area (Å²) in [5.74, 6) is -3.44. The normalized spacial score (nSPS) is 22.9. The molecule has 0 aromatic carbocycles. The number of hydrogen-bond donors (Lipinski definition) is 3. The minimum atomic E-state index is -3.29. The summed E-state index contributed by atoms with van der Waals surface area (Å²) in [4.78, 5) is 11.4. The van der Waals surface area contributed by atoms with Gasteiger partial charge < -0.3 is 5.32 Å². The lowest BCUT2D eigenvalue weighted by Gasteiger charge is -2.11. The molecule has 18 heavy (non-hydrogen) atoms. The fourth-order valence-corrected chi connectivity index (χ4v) is 2.14. The fraction of sp³-hybridized carbons (Fsp3) is 0.889. The molecule has 1 aliphatic heterocycles. The van der Waals surface area contributed by atoms with E-state index in [0.29, 0.717) is 0 Å². The van der Waals surface area contributed by atoms with Gasteiger partial charge in [-0.15, -0.1) is 0 Å². The Bertz CT molecular complexity index is 400. The van der Waals surface area contributed by atoms with E-state index in [1.54, 1.807) is 0 Å². The number of carbonyl (C=O) groups is 1. The molecule has 6 nitrogen and oxygen atoms in total. The van der Waals surface area contributed by atoms with Crippen LogP contribution in [0.4, 0.5) is 8.78 Å². The standard InChI is InChI=1S/C9H17F2N3O3S/c1-2-18(16,17)14-4-3-12-8(15)7-5-9(10,11)6-13-7/h7,13-14H,2-6H2,1H3,(H,12,15). The van der Waals surface area contributed by atoms with Crippen molar-refractivity contribution >= 4 is 15.9 Å². The molecule has 0 bridgehead atoms. The van der Waals surface area contributed by atoms with Gasteiger partial charge in [0, 0.05) is 19.5 Å². The molecule has 1 amide bonds. The highest BCUT2D eigenvalue weighted by atomic mass is 32.2. The molecule has 0 aromatic heterocycles. The van der Waals surface area contributed by atoms with E-state index in [9.17, 15) is 22.0 Å². The van der Waals surface area contributed by atoms with Crippen molar-refractivity contribution in [3.05, 3.63) is 0 Å². The van der Waals surface area contributed by atoms with Gasteiger partial charge in [0.25, 0.3) is 5.92 Å². The second-order valence-electron chi connectivity index (χ2n) is 4.08. The number of amides is 1. The minimum Gasteiger partial charge on any atom is -0.353 e. The number of sulfonamides is 1. The SMILES string of the molecule is CCS(=O)(=O)NCCNC(=O)C1CC(F)(F)CN1. The maximum atomic E-state index is 12.8. The average Bonchev–Trinajstić information content (AvgIpc) is 2.65. The summed E-state index contributed by atoms with van der Waals surface area (Å²) in [7, 11) is -3.29. The molecule has 1 saturated heterocycles. The van der Waals surface area contributed by atoms with E-state index in [0.717, 1.165) is 0 Å². The number of halogens is 2. The van der Waals surface area contributed by atoms with Crippen molar-refractivity contribution in [2.75, 3.05) is 25.4 Å². The van der Waals surface area contributed by atoms with Gasteiger partial charge in [0.05, 0.1) is 18.3 Å². The first-order chi connectivity index (χ1) is 8.26. The summed E-state index contributed by atoms with van der Waals surface area (Å²) in [6.45, 7) is 1.10. The van der Waals surface area contributed by atoms with Gasteiger partial charge in [0.15, 0.2) is 0 Å². The van der Waals surface area contributed by atoms with Crippen molar-refractivity contribution in [2.45, 2.75) is 25.3 Å². The van der Waals surface area contributed by atoms with Crippen molar-refractivity contribution in [1.29, 1.82) is 0 Å². The predicted molar refractivity (Wildman–Crippen MR) is 61.8 cm³/mol. The molecule has 0 aliphatic carbocycles. The minimum absolute atomic E-state index is 0.0443. The summed E-state index contributed by atoms with van der Waals surface area (Å²) in [6.07, 6.45) is -0.528. The zero-order chi connectivity index (χ0) is 13.8. The highest BCUT2D eigenvalue weighted by Crippen LogP contribution is 2.24. The van der Waals surface area contributed by atoms with Crippen molar-refractivity contribution in [2.24, 2.45) is 0 Å². The summed E-state index contributed by atoms with van der Waals surface area (Å²) in [5.41, 5.74) is 0. The third-order valence-electron chi connectivity index (χ3n) is 2.55. The van der Waals surface area contributed by atoms with Crippen LogP contribution in [0.1, 0.15) is 13.3 Å². The Morgan fingerprint density at radius 3 is 2.61 bits per heavy atom. The van der Waals surface area contributed by atoms with Gasteiger partial charge >= 0.3 is 0 Å². The molecule has 3 N–H and O–H groups in total. The van der Waals surface area contributed by atoms with Gasteiger partial charge in [0.2, 0.25) is 15.9 Å². The fourth-order valence-electron chi connectivity index (χ4n) is 1.52. The number of alkyl halides is 2. The van der Waals surface area contributed by atoms with Gasteiger partial charge in [0.1, 0.15) is 0 Å². The zero-order valence-electron chi connectivity index (χ0n) is 10.0. The van der Waals surface area contributed by atoms with Crippen LogP contribution in [0.2, 0.25) is 0 Å². The molecule has 0 saturated carbocycles. The predicted octanol–water partition coefficient (Wildman–Crippen LogP) is -0.961. The van der Waals surface area contributed by atoms with E-state index in [4.69, 9.17) is 0 Å². The molecule has 1 aliphatic rings. The van der Waals surface area contributed by atoms with E-state index in [1.165, 1.54) is 6.92 Å². The Hall–Kier alpha value is -0.800. The maximum absolute atomic E-state index is 12.8. The molecular weight excluding hydrogens is 268 g/mol. The molecule has 1 fully saturated rings. The summed E-state index contributed by atoms with van der Waals surface area (Å²) in [5, 5.41) is 4.81. The summed E-state index contributed by atoms with van der Waals surface area (Å²) < 4.78 is 50.0. The summed E-state index contributed by atoms with van der Waals surface area (Å²) >= 11 is 0. The van der Waals surface area contributed by atoms with Gasteiger partial charge in [-0.2, -0.15) is 0 Å². The van der Waals surface area contributed by atoms with Crippen LogP contribution in [0.25, 0.3) is 0 Å². The zero-order valence-corrected chi connectivity index (χ0v) is 10.8. The second-order valence-corrected chi connectivity index (χ2v) is 6.18. The van der Waals surface area contributed by atoms with Gasteiger partial charge in [-0.25, -0.2) is 21.9 Å². The first-order valence-corrected chi connectivity index (χ1v) is 7.27. The van der Waals surface area contributed by atoms with E-state index >= 15 is 0 Å². The van der Waals surface area contributed by atoms with Crippen molar-refractivity contribution in [3.63, 3.8) is 0 Å². The van der Waals surface area contributed by atoms with Gasteiger partial charge in [-0.05, 0) is 6.92 Å². The van der Waals surface area contributed by atoms with Crippen LogP contribution in [0.5, 0.6) is 0 Å². The Balaban J connectivity index is 2.23. The molecule has 0 radical (unpaired) electrons. The average molecular weight is 285 g/mol. The lowest BCUT2D eigenvalue weighted by Crippen LogP contribution is -2.43. The van der Waals surface area contributed by atoms with Gasteiger partial charge in [-0.1, -0.05) is 0 Å². The third-order valence-corrected chi connectivity index (χ3v) is 3.96. The smallest absolute Gasteiger partial charge is 0.262 e. The summed E-state index contributed by atoms with van der Waals surface area (Å²) in [6, 6.07) is -0.914. The highest BCUT2D eigenvalue weighted by Gasteiger charge is 2.42. The Morgan fingerprint density at radius 2 is 2.11 bits per heavy atom. The molecule has 9 heteroatoms. The largest absolute Gasteiger partial charge is 0.353 e. The number of hydrogen-bond acceptors (Lipinski definition) is 4. The van der Waals surface area contributed by atoms with E-state index in [-0.39, 0.29) is 18.8 Å². The number of rotatable bonds is 6. The van der Waals surface area contributed by atoms with E-state index in [2.05, 4.69) is 15.4 Å². The van der Waals surface area contributed by atoms with Crippen LogP contribution in [0.3, 0.4) is 0 Å². The maximum Gasteiger partial charge on any atom is 0.262 e. The van der Waals surface area contributed by atoms with Crippen molar-refractivity contribution < 1.29 is 22.0 Å². The molecule has 1 rings (SSSR count). The van der Waals surface area contributed by atoms with Crippen molar-refractivity contribution in [3.8, 4) is 0 Å². The van der Waals surface area contributed by atoms with Gasteiger partial charge in [-0.3, -0.25) is 10.1 Å². The van der Waals surface area contributed by atoms with Crippen LogP contribution in [0, 0.1) is 0 Å². The quantitative estimate of drug-likeness (QED) is 0.549. The van der Waals surface area contributed by atoms with Crippen LogP contribution in [-0.2, 0) is 14.8 Å². The van der Waals surface area contributed by atoms with Crippen LogP contribution in [0.15, 0.2) is 0 Å². The molecule has 0 spiro atoms. The van der Waals surface area contributed by atoms with Crippen LogP contribution in [-0.4, -0.2) is 51.7 Å². The lowest BCUT2D eigenvalue weighted by molar-refractivity contribution is -0.123. The molecule has 0 aromatic rings. The molecular formula is C9H17F2N3O3S. The lowest BCUT2D eigenvalue weighted by atomic mass is 10.2. The molecule has 1 heterocycles. The van der Waals surface area contributed by atoms with Crippen LogP contribution >= 0.6 is 0 Å². The first-order valence-electron chi connectivity index (χ1n) is 5.62. The Labute approximate surface area is 105 Å². The highest BCUT2D eigenvalue weighted by molar-refractivity contribution is 7.89. The molecule has 106 valence electrons. The third kappa shape index (κ3) is 4.83. The Morgan fingerprint density at radius 1 is 1.44 bits per heavy atom. The molecule has 1 atom stereocenters. The monoisotopic (exact) mass is 285 g/mol.